The Kier molecular flexibility index (Phi) is 7.58. The second kappa shape index (κ2) is 11.0. The van der Waals surface area contributed by atoms with Gasteiger partial charge in [-0.1, -0.05) is 24.3 Å². The van der Waals surface area contributed by atoms with E-state index in [1.165, 1.54) is 19.8 Å². The van der Waals surface area contributed by atoms with Gasteiger partial charge in [-0.2, -0.15) is 0 Å². The van der Waals surface area contributed by atoms with Crippen LogP contribution in [0.3, 0.4) is 0 Å². The maximum Gasteiger partial charge on any atom is 0.255 e. The van der Waals surface area contributed by atoms with Crippen molar-refractivity contribution >= 4 is 27.3 Å². The zero-order valence-electron chi connectivity index (χ0n) is 21.7. The first-order valence-electron chi connectivity index (χ1n) is 12.9. The number of benzene rings is 3. The van der Waals surface area contributed by atoms with E-state index in [9.17, 15) is 13.2 Å². The summed E-state index contributed by atoms with van der Waals surface area (Å²) in [5, 5.41) is 2.85. The molecule has 0 bridgehead atoms. The van der Waals surface area contributed by atoms with E-state index in [0.717, 1.165) is 50.8 Å². The van der Waals surface area contributed by atoms with E-state index in [-0.39, 0.29) is 10.9 Å². The number of aryl methyl sites for hydroxylation is 1. The fourth-order valence-corrected chi connectivity index (χ4v) is 6.80. The maximum atomic E-state index is 13.9. The second-order valence-corrected chi connectivity index (χ2v) is 11.4. The molecule has 38 heavy (non-hydrogen) atoms. The lowest BCUT2D eigenvalue weighted by molar-refractivity contribution is 0.102. The lowest BCUT2D eigenvalue weighted by Crippen LogP contribution is -2.32. The van der Waals surface area contributed by atoms with Crippen LogP contribution in [-0.4, -0.2) is 41.6 Å². The van der Waals surface area contributed by atoms with Gasteiger partial charge in [0.05, 0.1) is 19.9 Å². The van der Waals surface area contributed by atoms with E-state index in [4.69, 9.17) is 9.47 Å². The van der Waals surface area contributed by atoms with Gasteiger partial charge in [0, 0.05) is 36.4 Å². The van der Waals surface area contributed by atoms with E-state index in [0.29, 0.717) is 28.4 Å². The summed E-state index contributed by atoms with van der Waals surface area (Å²) in [5.74, 6) is 0.576. The Morgan fingerprint density at radius 1 is 0.921 bits per heavy atom. The van der Waals surface area contributed by atoms with Crippen molar-refractivity contribution in [3.05, 3.63) is 77.4 Å². The summed E-state index contributed by atoms with van der Waals surface area (Å²) in [6.45, 7) is 1.59. The highest BCUT2D eigenvalue weighted by Crippen LogP contribution is 2.35. The molecule has 1 aliphatic heterocycles. The minimum absolute atomic E-state index is 0.170. The number of nitrogens with one attached hydrogen (secondary N) is 2. The van der Waals surface area contributed by atoms with Gasteiger partial charge in [-0.3, -0.25) is 4.79 Å². The molecule has 0 aromatic heterocycles. The number of carbonyl (C=O) groups is 1. The van der Waals surface area contributed by atoms with Gasteiger partial charge in [0.2, 0.25) is 10.0 Å². The number of nitrogens with zero attached hydrogens (tertiary/aromatic N) is 1. The summed E-state index contributed by atoms with van der Waals surface area (Å²) in [7, 11) is -0.865. The van der Waals surface area contributed by atoms with Crippen LogP contribution in [-0.2, 0) is 16.4 Å². The molecule has 8 nitrogen and oxygen atoms in total. The third-order valence-corrected chi connectivity index (χ3v) is 8.74. The summed E-state index contributed by atoms with van der Waals surface area (Å²) < 4.78 is 41.3. The highest BCUT2D eigenvalue weighted by Gasteiger charge is 2.29. The largest absolute Gasteiger partial charge is 0.497 e. The van der Waals surface area contributed by atoms with Gasteiger partial charge >= 0.3 is 0 Å². The summed E-state index contributed by atoms with van der Waals surface area (Å²) in [4.78, 5) is 15.4. The van der Waals surface area contributed by atoms with E-state index in [1.807, 2.05) is 18.2 Å². The van der Waals surface area contributed by atoms with Crippen LogP contribution in [0.5, 0.6) is 11.5 Å². The monoisotopic (exact) mass is 535 g/mol. The number of rotatable bonds is 8. The Bertz CT molecular complexity index is 1410. The van der Waals surface area contributed by atoms with Crippen LogP contribution >= 0.6 is 0 Å². The number of sulfonamides is 1. The molecule has 0 saturated carbocycles. The van der Waals surface area contributed by atoms with Crippen molar-refractivity contribution in [2.45, 2.75) is 43.0 Å². The molecule has 1 atom stereocenters. The summed E-state index contributed by atoms with van der Waals surface area (Å²) in [6, 6.07) is 17.7. The van der Waals surface area contributed by atoms with E-state index >= 15 is 0 Å². The zero-order chi connectivity index (χ0) is 26.7. The molecule has 1 saturated heterocycles. The first-order valence-corrected chi connectivity index (χ1v) is 14.4. The van der Waals surface area contributed by atoms with Crippen LogP contribution in [0.2, 0.25) is 0 Å². The van der Waals surface area contributed by atoms with Gasteiger partial charge in [-0.05, 0) is 73.6 Å². The standard InChI is InChI=1S/C29H33N3O5S/c1-36-23-16-21(17-24(19-23)37-2)29(33)30-22-12-13-27(32-14-5-6-15-32)28(18-22)38(34,35)31-26-11-7-9-20-8-3-4-10-25(20)26/h3-4,8,10,12-13,16-19,26,31H,5-7,9,11,14-15H2,1-2H3,(H,30,33)/t26-/m0/s1. The van der Waals surface area contributed by atoms with Crippen molar-refractivity contribution in [2.24, 2.45) is 0 Å². The molecule has 0 spiro atoms. The molecule has 1 aliphatic carbocycles. The highest BCUT2D eigenvalue weighted by molar-refractivity contribution is 7.89. The van der Waals surface area contributed by atoms with Crippen molar-refractivity contribution in [3.63, 3.8) is 0 Å². The number of hydrogen-bond donors (Lipinski definition) is 2. The van der Waals surface area contributed by atoms with E-state index in [1.54, 1.807) is 36.4 Å². The first-order chi connectivity index (χ1) is 18.4. The molecule has 0 radical (unpaired) electrons. The summed E-state index contributed by atoms with van der Waals surface area (Å²) in [6.07, 6.45) is 4.63. The quantitative estimate of drug-likeness (QED) is 0.425. The number of amides is 1. The SMILES string of the molecule is COc1cc(OC)cc(C(=O)Nc2ccc(N3CCCC3)c(S(=O)(=O)N[C@H]3CCCc4ccccc43)c2)c1. The molecule has 200 valence electrons. The van der Waals surface area contributed by atoms with Crippen LogP contribution < -0.4 is 24.4 Å². The number of hydrogen-bond acceptors (Lipinski definition) is 6. The van der Waals surface area contributed by atoms with Crippen molar-refractivity contribution in [2.75, 3.05) is 37.5 Å². The molecule has 1 amide bonds. The molecule has 0 unspecified atom stereocenters. The Balaban J connectivity index is 1.47. The fraction of sp³-hybridized carbons (Fsp3) is 0.345. The topological polar surface area (TPSA) is 97.0 Å². The van der Waals surface area contributed by atoms with Gasteiger partial charge in [0.1, 0.15) is 16.4 Å². The minimum Gasteiger partial charge on any atom is -0.497 e. The first kappa shape index (κ1) is 26.1. The van der Waals surface area contributed by atoms with Gasteiger partial charge < -0.3 is 19.7 Å². The van der Waals surface area contributed by atoms with Crippen molar-refractivity contribution < 1.29 is 22.7 Å². The number of fused-ring (bicyclic) bond motifs is 1. The molecule has 3 aromatic rings. The lowest BCUT2D eigenvalue weighted by Gasteiger charge is -2.28. The number of ether oxygens (including phenoxy) is 2. The third-order valence-electron chi connectivity index (χ3n) is 7.23. The molecule has 1 heterocycles. The van der Waals surface area contributed by atoms with Crippen LogP contribution in [0.25, 0.3) is 0 Å². The predicted molar refractivity (Wildman–Crippen MR) is 148 cm³/mol. The molecular weight excluding hydrogens is 502 g/mol. The van der Waals surface area contributed by atoms with Gasteiger partial charge in [-0.15, -0.1) is 0 Å². The van der Waals surface area contributed by atoms with Crippen LogP contribution in [0.15, 0.2) is 65.6 Å². The van der Waals surface area contributed by atoms with Gasteiger partial charge in [0.25, 0.3) is 5.91 Å². The second-order valence-electron chi connectivity index (χ2n) is 9.70. The Hall–Kier alpha value is -3.56. The Morgan fingerprint density at radius 2 is 1.63 bits per heavy atom. The van der Waals surface area contributed by atoms with Crippen LogP contribution in [0.4, 0.5) is 11.4 Å². The molecular formula is C29H33N3O5S. The molecule has 2 N–H and O–H groups in total. The average Bonchev–Trinajstić information content (AvgIpc) is 3.48. The number of methoxy groups -OCH3 is 2. The van der Waals surface area contributed by atoms with E-state index < -0.39 is 15.9 Å². The smallest absolute Gasteiger partial charge is 0.255 e. The average molecular weight is 536 g/mol. The molecule has 1 fully saturated rings. The lowest BCUT2D eigenvalue weighted by atomic mass is 9.88. The van der Waals surface area contributed by atoms with Crippen molar-refractivity contribution in [3.8, 4) is 11.5 Å². The third kappa shape index (κ3) is 5.49. The normalized spacial score (nSPS) is 17.1. The molecule has 3 aromatic carbocycles. The molecule has 2 aliphatic rings. The van der Waals surface area contributed by atoms with Crippen LogP contribution in [0.1, 0.15) is 53.2 Å². The molecule has 9 heteroatoms. The number of carbonyl (C=O) groups excluding carboxylic acids is 1. The van der Waals surface area contributed by atoms with Crippen LogP contribution in [0, 0.1) is 0 Å². The fourth-order valence-electron chi connectivity index (χ4n) is 5.30. The maximum absolute atomic E-state index is 13.9. The van der Waals surface area contributed by atoms with Crippen molar-refractivity contribution in [1.82, 2.24) is 4.72 Å². The summed E-state index contributed by atoms with van der Waals surface area (Å²) in [5.41, 5.74) is 3.60. The summed E-state index contributed by atoms with van der Waals surface area (Å²) >= 11 is 0. The Morgan fingerprint density at radius 3 is 2.34 bits per heavy atom. The minimum atomic E-state index is -3.90. The highest BCUT2D eigenvalue weighted by atomic mass is 32.2. The Labute approximate surface area is 224 Å². The zero-order valence-corrected chi connectivity index (χ0v) is 22.5. The number of anilines is 2. The molecule has 5 rings (SSSR count). The van der Waals surface area contributed by atoms with Gasteiger partial charge in [0.15, 0.2) is 0 Å². The van der Waals surface area contributed by atoms with Gasteiger partial charge in [-0.25, -0.2) is 13.1 Å². The predicted octanol–water partition coefficient (Wildman–Crippen LogP) is 4.91. The van der Waals surface area contributed by atoms with Crippen molar-refractivity contribution in [1.29, 1.82) is 0 Å². The van der Waals surface area contributed by atoms with E-state index in [2.05, 4.69) is 21.0 Å².